The molecule has 26 heavy (non-hydrogen) atoms. The van der Waals surface area contributed by atoms with Crippen LogP contribution in [0.25, 0.3) is 0 Å². The van der Waals surface area contributed by atoms with E-state index in [9.17, 15) is 24.9 Å². The number of phenolic OH excluding ortho intramolecular Hbond substituents is 1. The van der Waals surface area contributed by atoms with E-state index < -0.39 is 22.7 Å². The van der Waals surface area contributed by atoms with E-state index in [1.165, 1.54) is 18.2 Å². The van der Waals surface area contributed by atoms with Gasteiger partial charge in [-0.2, -0.15) is 0 Å². The minimum atomic E-state index is -0.973. The molecule has 2 aromatic rings. The van der Waals surface area contributed by atoms with Crippen molar-refractivity contribution < 1.29 is 24.5 Å². The fourth-order valence-corrected chi connectivity index (χ4v) is 2.67. The zero-order valence-corrected chi connectivity index (χ0v) is 14.9. The molecule has 0 saturated heterocycles. The number of phenols is 1. The Morgan fingerprint density at radius 3 is 2.62 bits per heavy atom. The van der Waals surface area contributed by atoms with Crippen LogP contribution in [0.2, 0.25) is 0 Å². The molecule has 0 aliphatic rings. The maximum atomic E-state index is 12.2. The molecule has 0 bridgehead atoms. The van der Waals surface area contributed by atoms with Crippen molar-refractivity contribution in [2.75, 3.05) is 6.54 Å². The van der Waals surface area contributed by atoms with Gasteiger partial charge in [0.05, 0.1) is 6.10 Å². The summed E-state index contributed by atoms with van der Waals surface area (Å²) >= 11 is 0. The van der Waals surface area contributed by atoms with Gasteiger partial charge in [0.15, 0.2) is 5.76 Å². The normalized spacial score (nSPS) is 12.6. The lowest BCUT2D eigenvalue weighted by molar-refractivity contribution is -0.122. The number of aryl methyl sites for hydroxylation is 1. The molecule has 0 radical (unpaired) electrons. The third-order valence-electron chi connectivity index (χ3n) is 4.01. The SMILES string of the molecule is Cc1cc(=O)c(O)c(C(C)(C)CC(=O)NCC(O)c2cccc(O)c2)o1. The Labute approximate surface area is 150 Å². The Kier molecular flexibility index (Phi) is 5.72. The van der Waals surface area contributed by atoms with E-state index >= 15 is 0 Å². The van der Waals surface area contributed by atoms with Gasteiger partial charge in [-0.3, -0.25) is 9.59 Å². The van der Waals surface area contributed by atoms with E-state index in [0.29, 0.717) is 11.3 Å². The number of hydrogen-bond donors (Lipinski definition) is 4. The Morgan fingerprint density at radius 2 is 1.96 bits per heavy atom. The number of benzene rings is 1. The second kappa shape index (κ2) is 7.61. The third-order valence-corrected chi connectivity index (χ3v) is 4.01. The van der Waals surface area contributed by atoms with Crippen molar-refractivity contribution >= 4 is 5.91 Å². The summed E-state index contributed by atoms with van der Waals surface area (Å²) in [6.07, 6.45) is -1.03. The van der Waals surface area contributed by atoms with Crippen molar-refractivity contribution in [2.24, 2.45) is 0 Å². The van der Waals surface area contributed by atoms with Gasteiger partial charge in [0.2, 0.25) is 17.1 Å². The summed E-state index contributed by atoms with van der Waals surface area (Å²) in [6, 6.07) is 7.32. The Balaban J connectivity index is 2.04. The molecule has 0 aliphatic carbocycles. The average molecular weight is 361 g/mol. The van der Waals surface area contributed by atoms with E-state index in [-0.39, 0.29) is 30.4 Å². The first-order valence-electron chi connectivity index (χ1n) is 8.18. The molecule has 7 heteroatoms. The fraction of sp³-hybridized carbons (Fsp3) is 0.368. The first kappa shape index (κ1) is 19.5. The Bertz CT molecular complexity index is 855. The summed E-state index contributed by atoms with van der Waals surface area (Å²) in [5.74, 6) is -0.466. The smallest absolute Gasteiger partial charge is 0.227 e. The maximum absolute atomic E-state index is 12.2. The van der Waals surface area contributed by atoms with Crippen LogP contribution in [0.5, 0.6) is 11.5 Å². The maximum Gasteiger partial charge on any atom is 0.227 e. The van der Waals surface area contributed by atoms with Crippen LogP contribution in [-0.2, 0) is 10.2 Å². The van der Waals surface area contributed by atoms with E-state index in [2.05, 4.69) is 5.32 Å². The minimum Gasteiger partial charge on any atom is -0.508 e. The van der Waals surface area contributed by atoms with Crippen molar-refractivity contribution in [1.29, 1.82) is 0 Å². The number of aliphatic hydroxyl groups excluding tert-OH is 1. The van der Waals surface area contributed by atoms with Crippen molar-refractivity contribution in [1.82, 2.24) is 5.32 Å². The van der Waals surface area contributed by atoms with Gasteiger partial charge < -0.3 is 25.1 Å². The number of amides is 1. The van der Waals surface area contributed by atoms with E-state index in [1.54, 1.807) is 32.9 Å². The number of nitrogens with one attached hydrogen (secondary N) is 1. The van der Waals surface area contributed by atoms with Crippen molar-refractivity contribution in [3.8, 4) is 11.5 Å². The molecule has 1 aromatic heterocycles. The van der Waals surface area contributed by atoms with Gasteiger partial charge in [-0.25, -0.2) is 0 Å². The summed E-state index contributed by atoms with van der Waals surface area (Å²) in [6.45, 7) is 4.90. The molecule has 0 aliphatic heterocycles. The van der Waals surface area contributed by atoms with Crippen LogP contribution in [0.3, 0.4) is 0 Å². The van der Waals surface area contributed by atoms with Gasteiger partial charge in [0, 0.05) is 24.4 Å². The molecule has 1 aromatic carbocycles. The number of carbonyl (C=O) groups is 1. The molecule has 1 amide bonds. The number of rotatable bonds is 6. The lowest BCUT2D eigenvalue weighted by atomic mass is 9.85. The second-order valence-electron chi connectivity index (χ2n) is 6.87. The number of hydrogen-bond acceptors (Lipinski definition) is 6. The Morgan fingerprint density at radius 1 is 1.27 bits per heavy atom. The highest BCUT2D eigenvalue weighted by molar-refractivity contribution is 5.77. The van der Waals surface area contributed by atoms with Crippen LogP contribution in [0.4, 0.5) is 0 Å². The predicted octanol–water partition coefficient (Wildman–Crippen LogP) is 1.88. The lowest BCUT2D eigenvalue weighted by Crippen LogP contribution is -2.34. The number of aliphatic hydroxyl groups is 1. The van der Waals surface area contributed by atoms with Crippen LogP contribution in [0.1, 0.15) is 43.5 Å². The highest BCUT2D eigenvalue weighted by atomic mass is 16.4. The Hall–Kier alpha value is -2.80. The monoisotopic (exact) mass is 361 g/mol. The molecular formula is C19H23NO6. The summed E-state index contributed by atoms with van der Waals surface area (Å²) in [5, 5.41) is 32.1. The summed E-state index contributed by atoms with van der Waals surface area (Å²) in [7, 11) is 0. The van der Waals surface area contributed by atoms with Gasteiger partial charge in [-0.15, -0.1) is 0 Å². The minimum absolute atomic E-state index is 0.0268. The molecule has 2 rings (SSSR count). The summed E-state index contributed by atoms with van der Waals surface area (Å²) < 4.78 is 5.46. The fourth-order valence-electron chi connectivity index (χ4n) is 2.67. The van der Waals surface area contributed by atoms with Crippen LogP contribution in [0, 0.1) is 6.92 Å². The standard InChI is InChI=1S/C19H23NO6/c1-11-7-14(22)17(25)18(26-11)19(2,3)9-16(24)20-10-15(23)12-5-4-6-13(21)8-12/h4-8,15,21,23,25H,9-10H2,1-3H3,(H,20,24). The molecule has 0 fully saturated rings. The molecule has 140 valence electrons. The second-order valence-corrected chi connectivity index (χ2v) is 6.87. The highest BCUT2D eigenvalue weighted by Gasteiger charge is 2.31. The third kappa shape index (κ3) is 4.64. The average Bonchev–Trinajstić information content (AvgIpc) is 2.55. The van der Waals surface area contributed by atoms with E-state index in [0.717, 1.165) is 0 Å². The zero-order chi connectivity index (χ0) is 19.5. The van der Waals surface area contributed by atoms with E-state index in [1.807, 2.05) is 0 Å². The van der Waals surface area contributed by atoms with Crippen LogP contribution < -0.4 is 10.7 Å². The molecule has 0 saturated carbocycles. The zero-order valence-electron chi connectivity index (χ0n) is 14.9. The largest absolute Gasteiger partial charge is 0.508 e. The molecule has 0 spiro atoms. The quantitative estimate of drug-likeness (QED) is 0.623. The van der Waals surface area contributed by atoms with Gasteiger partial charge >= 0.3 is 0 Å². The van der Waals surface area contributed by atoms with Crippen LogP contribution in [-0.4, -0.2) is 27.8 Å². The summed E-state index contributed by atoms with van der Waals surface area (Å²) in [4.78, 5) is 24.0. The topological polar surface area (TPSA) is 120 Å². The molecule has 7 nitrogen and oxygen atoms in total. The molecule has 4 N–H and O–H groups in total. The molecule has 1 unspecified atom stereocenters. The van der Waals surface area contributed by atoms with Gasteiger partial charge in [0.25, 0.3) is 0 Å². The van der Waals surface area contributed by atoms with Crippen LogP contribution in [0.15, 0.2) is 39.5 Å². The van der Waals surface area contributed by atoms with Gasteiger partial charge in [-0.1, -0.05) is 26.0 Å². The first-order valence-corrected chi connectivity index (χ1v) is 8.18. The van der Waals surface area contributed by atoms with Crippen molar-refractivity contribution in [3.05, 3.63) is 57.6 Å². The van der Waals surface area contributed by atoms with Crippen molar-refractivity contribution in [3.63, 3.8) is 0 Å². The molecular weight excluding hydrogens is 338 g/mol. The molecule has 1 heterocycles. The van der Waals surface area contributed by atoms with E-state index in [4.69, 9.17) is 4.42 Å². The number of carbonyl (C=O) groups excluding carboxylic acids is 1. The van der Waals surface area contributed by atoms with Gasteiger partial charge in [0.1, 0.15) is 11.5 Å². The first-order chi connectivity index (χ1) is 12.1. The lowest BCUT2D eigenvalue weighted by Gasteiger charge is -2.24. The van der Waals surface area contributed by atoms with Crippen molar-refractivity contribution in [2.45, 2.75) is 38.7 Å². The van der Waals surface area contributed by atoms with Gasteiger partial charge in [-0.05, 0) is 24.6 Å². The molecule has 1 atom stereocenters. The van der Waals surface area contributed by atoms with Crippen LogP contribution >= 0.6 is 0 Å². The predicted molar refractivity (Wildman–Crippen MR) is 95.1 cm³/mol. The number of aromatic hydroxyl groups is 2. The highest BCUT2D eigenvalue weighted by Crippen LogP contribution is 2.32. The summed E-state index contributed by atoms with van der Waals surface area (Å²) in [5.41, 5.74) is -1.00.